The molecule has 4 heterocycles. The largest absolute Gasteiger partial charge is 0.447 e. The normalized spacial score (nSPS) is 26.3. The summed E-state index contributed by atoms with van der Waals surface area (Å²) in [5.41, 5.74) is 2.21. The van der Waals surface area contributed by atoms with E-state index >= 15 is 0 Å². The van der Waals surface area contributed by atoms with E-state index in [0.29, 0.717) is 43.1 Å². The summed E-state index contributed by atoms with van der Waals surface area (Å²) in [6.45, 7) is 6.90. The molecule has 42 heavy (non-hydrogen) atoms. The molecular formula is C30H37N5O6Si. The number of aryl methyl sites for hydroxylation is 1. The van der Waals surface area contributed by atoms with E-state index < -0.39 is 26.1 Å². The Balaban J connectivity index is 1.29. The molecule has 1 spiro atoms. The first-order valence-corrected chi connectivity index (χ1v) is 17.4. The molecule has 12 heteroatoms. The maximum Gasteiger partial charge on any atom is 0.414 e. The van der Waals surface area contributed by atoms with Gasteiger partial charge in [0.1, 0.15) is 6.61 Å². The number of hydrogen-bond acceptors (Lipinski definition) is 8. The van der Waals surface area contributed by atoms with Gasteiger partial charge in [-0.1, -0.05) is 42.5 Å². The zero-order valence-electron chi connectivity index (χ0n) is 24.3. The number of aliphatic hydroxyl groups is 1. The molecule has 11 nitrogen and oxygen atoms in total. The van der Waals surface area contributed by atoms with Gasteiger partial charge in [0.25, 0.3) is 5.91 Å². The highest BCUT2D eigenvalue weighted by atomic mass is 28.4. The topological polar surface area (TPSA) is 130 Å². The predicted octanol–water partition coefficient (Wildman–Crippen LogP) is 3.22. The predicted molar refractivity (Wildman–Crippen MR) is 158 cm³/mol. The molecule has 0 radical (unpaired) electrons. The van der Waals surface area contributed by atoms with E-state index in [1.54, 1.807) is 21.5 Å². The Morgan fingerprint density at radius 2 is 1.93 bits per heavy atom. The summed E-state index contributed by atoms with van der Waals surface area (Å²) in [4.78, 5) is 41.0. The van der Waals surface area contributed by atoms with Crippen molar-refractivity contribution in [3.8, 4) is 0 Å². The first kappa shape index (κ1) is 28.5. The van der Waals surface area contributed by atoms with Gasteiger partial charge in [-0.2, -0.15) is 0 Å². The Bertz CT molecular complexity index is 1490. The quantitative estimate of drug-likeness (QED) is 0.382. The minimum atomic E-state index is -2.83. The molecule has 0 aliphatic carbocycles. The molecule has 2 saturated heterocycles. The molecule has 3 aliphatic heterocycles. The first-order chi connectivity index (χ1) is 20.1. The third-order valence-electron chi connectivity index (χ3n) is 9.11. The molecular weight excluding hydrogens is 554 g/mol. The molecule has 2 amide bonds. The number of carbonyl (C=O) groups excluding carboxylic acids is 2. The van der Waals surface area contributed by atoms with E-state index in [1.807, 2.05) is 74.7 Å². The van der Waals surface area contributed by atoms with E-state index in [4.69, 9.17) is 9.47 Å². The van der Waals surface area contributed by atoms with E-state index in [2.05, 4.69) is 10.3 Å². The van der Waals surface area contributed by atoms with Crippen LogP contribution in [0.4, 0.5) is 16.2 Å². The SMILES string of the molecule is C[C@@H]1[C@@H]([Si](C)(C)O)[C@H](CCn2cc(C(CO)c3ccccc3)nn2)O[C@@]12C(=O)N(C)c1ccc(N3CCOC3=O)cc12. The average molecular weight is 592 g/mol. The van der Waals surface area contributed by atoms with Gasteiger partial charge < -0.3 is 24.3 Å². The Hall–Kier alpha value is -3.58. The molecule has 2 aromatic carbocycles. The van der Waals surface area contributed by atoms with Crippen molar-refractivity contribution in [1.82, 2.24) is 15.0 Å². The number of anilines is 2. The summed E-state index contributed by atoms with van der Waals surface area (Å²) in [6, 6.07) is 15.2. The monoisotopic (exact) mass is 591 g/mol. The lowest BCUT2D eigenvalue weighted by Crippen LogP contribution is -2.45. The number of ether oxygens (including phenoxy) is 2. The highest BCUT2D eigenvalue weighted by molar-refractivity contribution is 6.71. The van der Waals surface area contributed by atoms with E-state index in [-0.39, 0.29) is 29.9 Å². The van der Waals surface area contributed by atoms with Crippen molar-refractivity contribution < 1.29 is 29.0 Å². The van der Waals surface area contributed by atoms with Crippen molar-refractivity contribution in [2.24, 2.45) is 5.92 Å². The first-order valence-electron chi connectivity index (χ1n) is 14.4. The van der Waals surface area contributed by atoms with Crippen LogP contribution in [0, 0.1) is 5.92 Å². The molecule has 2 N–H and O–H groups in total. The lowest BCUT2D eigenvalue weighted by atomic mass is 9.82. The standard InChI is InChI=1S/C30H37N5O6Si/c1-19-27(42(3,4)39)26(12-13-34-17-24(31-32-34)22(18-36)20-8-6-5-7-9-20)41-30(19)23-16-21(35-14-15-40-29(35)38)10-11-25(23)33(2)28(30)37/h5-11,16-17,19,22,26-27,36,39H,12-15,18H2,1-4H3/t19-,22?,26+,27-,30+/m1/s1. The summed E-state index contributed by atoms with van der Waals surface area (Å²) < 4.78 is 13.7. The van der Waals surface area contributed by atoms with Crippen molar-refractivity contribution in [3.63, 3.8) is 0 Å². The summed E-state index contributed by atoms with van der Waals surface area (Å²) in [7, 11) is -1.09. The summed E-state index contributed by atoms with van der Waals surface area (Å²) in [6.07, 6.45) is 1.52. The fourth-order valence-corrected chi connectivity index (χ4v) is 9.74. The fourth-order valence-electron chi connectivity index (χ4n) is 7.13. The van der Waals surface area contributed by atoms with Gasteiger partial charge in [0.15, 0.2) is 13.9 Å². The van der Waals surface area contributed by atoms with Crippen molar-refractivity contribution in [3.05, 3.63) is 71.5 Å². The van der Waals surface area contributed by atoms with Crippen LogP contribution >= 0.6 is 0 Å². The molecule has 3 aromatic rings. The summed E-state index contributed by atoms with van der Waals surface area (Å²) in [5, 5.41) is 18.7. The number of likely N-dealkylation sites (N-methyl/N-ethyl adjacent to an activating group) is 1. The molecule has 0 bridgehead atoms. The number of aliphatic hydroxyl groups excluding tert-OH is 1. The van der Waals surface area contributed by atoms with Gasteiger partial charge in [-0.25, -0.2) is 4.79 Å². The van der Waals surface area contributed by atoms with Gasteiger partial charge in [0.05, 0.1) is 36.6 Å². The van der Waals surface area contributed by atoms with Crippen LogP contribution in [0.5, 0.6) is 0 Å². The minimum Gasteiger partial charge on any atom is -0.447 e. The lowest BCUT2D eigenvalue weighted by molar-refractivity contribution is -0.145. The van der Waals surface area contributed by atoms with Crippen molar-refractivity contribution >= 4 is 31.7 Å². The number of benzene rings is 2. The van der Waals surface area contributed by atoms with Crippen LogP contribution in [0.2, 0.25) is 18.6 Å². The number of aromatic nitrogens is 3. The minimum absolute atomic E-state index is 0.0902. The lowest BCUT2D eigenvalue weighted by Gasteiger charge is -2.32. The van der Waals surface area contributed by atoms with Crippen molar-refractivity contribution in [1.29, 1.82) is 0 Å². The van der Waals surface area contributed by atoms with Gasteiger partial charge in [-0.15, -0.1) is 5.10 Å². The molecule has 5 atom stereocenters. The number of amides is 2. The average Bonchev–Trinajstić information content (AvgIpc) is 3.72. The smallest absolute Gasteiger partial charge is 0.414 e. The Labute approximate surface area is 245 Å². The molecule has 2 fully saturated rings. The Morgan fingerprint density at radius 3 is 2.60 bits per heavy atom. The number of fused-ring (bicyclic) bond motifs is 2. The maximum absolute atomic E-state index is 14.0. The molecule has 1 unspecified atom stereocenters. The Morgan fingerprint density at radius 1 is 1.17 bits per heavy atom. The van der Waals surface area contributed by atoms with E-state index in [0.717, 1.165) is 11.3 Å². The number of hydrogen-bond donors (Lipinski definition) is 2. The Kier molecular flexibility index (Phi) is 7.20. The summed E-state index contributed by atoms with van der Waals surface area (Å²) >= 11 is 0. The van der Waals surface area contributed by atoms with Crippen molar-refractivity contribution in [2.75, 3.05) is 36.6 Å². The highest BCUT2D eigenvalue weighted by Crippen LogP contribution is 2.59. The third kappa shape index (κ3) is 4.53. The fraction of sp³-hybridized carbons (Fsp3) is 0.467. The molecule has 3 aliphatic rings. The number of rotatable bonds is 8. The number of carbonyl (C=O) groups is 2. The van der Waals surface area contributed by atoms with Gasteiger partial charge in [-0.3, -0.25) is 14.4 Å². The van der Waals surface area contributed by atoms with E-state index in [1.165, 1.54) is 0 Å². The van der Waals surface area contributed by atoms with Crippen LogP contribution in [-0.4, -0.2) is 78.1 Å². The molecule has 0 saturated carbocycles. The maximum atomic E-state index is 14.0. The zero-order chi connectivity index (χ0) is 29.8. The second-order valence-corrected chi connectivity index (χ2v) is 16.0. The number of cyclic esters (lactones) is 1. The molecule has 6 rings (SSSR count). The van der Waals surface area contributed by atoms with Gasteiger partial charge >= 0.3 is 6.09 Å². The van der Waals surface area contributed by atoms with Gasteiger partial charge in [0.2, 0.25) is 0 Å². The highest BCUT2D eigenvalue weighted by Gasteiger charge is 2.65. The zero-order valence-corrected chi connectivity index (χ0v) is 25.3. The van der Waals surface area contributed by atoms with Gasteiger partial charge in [0, 0.05) is 42.5 Å². The van der Waals surface area contributed by atoms with Crippen LogP contribution in [0.1, 0.15) is 36.1 Å². The van der Waals surface area contributed by atoms with Crippen LogP contribution in [-0.2, 0) is 26.4 Å². The van der Waals surface area contributed by atoms with Gasteiger partial charge in [-0.05, 0) is 43.3 Å². The molecule has 1 aromatic heterocycles. The van der Waals surface area contributed by atoms with Crippen LogP contribution < -0.4 is 9.80 Å². The summed E-state index contributed by atoms with van der Waals surface area (Å²) in [5.74, 6) is -0.768. The molecule has 222 valence electrons. The van der Waals surface area contributed by atoms with Crippen molar-refractivity contribution in [2.45, 2.75) is 56.1 Å². The second-order valence-electron chi connectivity index (χ2n) is 12.0. The van der Waals surface area contributed by atoms with Crippen LogP contribution in [0.15, 0.2) is 54.7 Å². The van der Waals surface area contributed by atoms with Crippen LogP contribution in [0.25, 0.3) is 0 Å². The third-order valence-corrected chi connectivity index (χ3v) is 11.6. The van der Waals surface area contributed by atoms with E-state index in [9.17, 15) is 19.5 Å². The second kappa shape index (κ2) is 10.6. The number of nitrogens with zero attached hydrogens (tertiary/aromatic N) is 5. The van der Waals surface area contributed by atoms with Crippen LogP contribution in [0.3, 0.4) is 0 Å².